The molecule has 0 radical (unpaired) electrons. The Morgan fingerprint density at radius 3 is 2.85 bits per heavy atom. The van der Waals surface area contributed by atoms with Crippen LogP contribution in [-0.2, 0) is 17.6 Å². The largest absolute Gasteiger partial charge is 0.398 e. The van der Waals surface area contributed by atoms with E-state index in [9.17, 15) is 4.79 Å². The van der Waals surface area contributed by atoms with Gasteiger partial charge in [0.15, 0.2) is 0 Å². The van der Waals surface area contributed by atoms with Crippen LogP contribution < -0.4 is 10.6 Å². The summed E-state index contributed by atoms with van der Waals surface area (Å²) < 4.78 is 0. The summed E-state index contributed by atoms with van der Waals surface area (Å²) in [4.78, 5) is 14.3. The number of nitrogens with two attached hydrogens (primary N) is 1. The van der Waals surface area contributed by atoms with E-state index in [2.05, 4.69) is 6.07 Å². The summed E-state index contributed by atoms with van der Waals surface area (Å²) in [6.07, 6.45) is 1.29. The van der Waals surface area contributed by atoms with Crippen molar-refractivity contribution in [3.63, 3.8) is 0 Å². The average Bonchev–Trinajstić information content (AvgIpc) is 2.84. The number of hydrogen-bond acceptors (Lipinski definition) is 2. The van der Waals surface area contributed by atoms with Gasteiger partial charge in [-0.3, -0.25) is 4.79 Å². The number of aryl methyl sites for hydroxylation is 1. The van der Waals surface area contributed by atoms with Crippen LogP contribution in [0.5, 0.6) is 0 Å². The predicted octanol–water partition coefficient (Wildman–Crippen LogP) is 2.71. The van der Waals surface area contributed by atoms with E-state index in [0.717, 1.165) is 35.5 Å². The number of fused-ring (bicyclic) bond motifs is 1. The molecule has 3 heteroatoms. The van der Waals surface area contributed by atoms with Gasteiger partial charge in [-0.1, -0.05) is 35.9 Å². The molecule has 3 nitrogen and oxygen atoms in total. The summed E-state index contributed by atoms with van der Waals surface area (Å²) in [5.74, 6) is 0.139. The molecular weight excluding hydrogens is 248 g/mol. The van der Waals surface area contributed by atoms with Crippen LogP contribution in [0.25, 0.3) is 0 Å². The van der Waals surface area contributed by atoms with Crippen molar-refractivity contribution in [2.24, 2.45) is 0 Å². The van der Waals surface area contributed by atoms with E-state index >= 15 is 0 Å². The Morgan fingerprint density at radius 1 is 1.25 bits per heavy atom. The quantitative estimate of drug-likeness (QED) is 0.849. The third-order valence-corrected chi connectivity index (χ3v) is 3.80. The smallest absolute Gasteiger partial charge is 0.231 e. The van der Waals surface area contributed by atoms with Gasteiger partial charge < -0.3 is 10.6 Å². The molecule has 2 N–H and O–H groups in total. The Balaban J connectivity index is 1.82. The van der Waals surface area contributed by atoms with Crippen LogP contribution in [0, 0.1) is 6.92 Å². The van der Waals surface area contributed by atoms with Crippen molar-refractivity contribution in [3.05, 3.63) is 59.2 Å². The summed E-state index contributed by atoms with van der Waals surface area (Å²) in [6, 6.07) is 13.9. The molecule has 0 unspecified atom stereocenters. The summed E-state index contributed by atoms with van der Waals surface area (Å²) in [5, 5.41) is 0. The standard InChI is InChI=1S/C17H18N2O/c1-12-4-2-5-13(10-12)11-17(20)19-9-8-14-15(18)6-3-7-16(14)19/h2-7,10H,8-9,11,18H2,1H3. The van der Waals surface area contributed by atoms with Crippen LogP contribution in [0.4, 0.5) is 11.4 Å². The summed E-state index contributed by atoms with van der Waals surface area (Å²) in [5.41, 5.74) is 11.1. The molecule has 0 aromatic heterocycles. The SMILES string of the molecule is Cc1cccc(CC(=O)N2CCc3c(N)cccc32)c1. The van der Waals surface area contributed by atoms with E-state index in [1.165, 1.54) is 5.56 Å². The highest BCUT2D eigenvalue weighted by Gasteiger charge is 2.25. The van der Waals surface area contributed by atoms with Gasteiger partial charge >= 0.3 is 0 Å². The molecule has 1 aliphatic rings. The number of anilines is 2. The van der Waals surface area contributed by atoms with Gasteiger partial charge in [-0.15, -0.1) is 0 Å². The lowest BCUT2D eigenvalue weighted by molar-refractivity contribution is -0.117. The van der Waals surface area contributed by atoms with Gasteiger partial charge in [-0.25, -0.2) is 0 Å². The van der Waals surface area contributed by atoms with Gasteiger partial charge in [0.1, 0.15) is 0 Å². The zero-order chi connectivity index (χ0) is 14.1. The highest BCUT2D eigenvalue weighted by molar-refractivity contribution is 5.97. The van der Waals surface area contributed by atoms with Crippen molar-refractivity contribution in [3.8, 4) is 0 Å². The molecule has 0 saturated heterocycles. The van der Waals surface area contributed by atoms with E-state index in [0.29, 0.717) is 6.42 Å². The summed E-state index contributed by atoms with van der Waals surface area (Å²) >= 11 is 0. The molecule has 102 valence electrons. The lowest BCUT2D eigenvalue weighted by atomic mass is 10.1. The molecule has 2 aromatic rings. The molecule has 1 heterocycles. The van der Waals surface area contributed by atoms with Crippen LogP contribution in [0.2, 0.25) is 0 Å². The molecule has 0 atom stereocenters. The first-order valence-electron chi connectivity index (χ1n) is 6.88. The Bertz CT molecular complexity index is 664. The molecule has 20 heavy (non-hydrogen) atoms. The first-order chi connectivity index (χ1) is 9.65. The van der Waals surface area contributed by atoms with Crippen LogP contribution in [0.15, 0.2) is 42.5 Å². The molecule has 0 spiro atoms. The molecule has 1 aliphatic heterocycles. The fourth-order valence-electron chi connectivity index (χ4n) is 2.81. The van der Waals surface area contributed by atoms with Crippen LogP contribution in [-0.4, -0.2) is 12.5 Å². The minimum absolute atomic E-state index is 0.139. The number of benzene rings is 2. The van der Waals surface area contributed by atoms with Crippen molar-refractivity contribution >= 4 is 17.3 Å². The van der Waals surface area contributed by atoms with Crippen molar-refractivity contribution in [1.82, 2.24) is 0 Å². The van der Waals surface area contributed by atoms with E-state index in [1.54, 1.807) is 0 Å². The van der Waals surface area contributed by atoms with Crippen molar-refractivity contribution in [2.75, 3.05) is 17.2 Å². The van der Waals surface area contributed by atoms with E-state index in [1.807, 2.05) is 48.2 Å². The number of carbonyl (C=O) groups excluding carboxylic acids is 1. The zero-order valence-electron chi connectivity index (χ0n) is 11.6. The lowest BCUT2D eigenvalue weighted by Gasteiger charge is -2.17. The number of amides is 1. The molecule has 0 saturated carbocycles. The first kappa shape index (κ1) is 12.7. The summed E-state index contributed by atoms with van der Waals surface area (Å²) in [6.45, 7) is 2.77. The second-order valence-electron chi connectivity index (χ2n) is 5.31. The molecule has 3 rings (SSSR count). The topological polar surface area (TPSA) is 46.3 Å². The number of nitrogens with zero attached hydrogens (tertiary/aromatic N) is 1. The molecule has 2 aromatic carbocycles. The normalized spacial score (nSPS) is 13.3. The van der Waals surface area contributed by atoms with Crippen molar-refractivity contribution in [2.45, 2.75) is 19.8 Å². The minimum Gasteiger partial charge on any atom is -0.398 e. The van der Waals surface area contributed by atoms with Crippen LogP contribution in [0.3, 0.4) is 0 Å². The van der Waals surface area contributed by atoms with Gasteiger partial charge in [0.25, 0.3) is 0 Å². The monoisotopic (exact) mass is 266 g/mol. The van der Waals surface area contributed by atoms with E-state index < -0.39 is 0 Å². The molecule has 0 aliphatic carbocycles. The second kappa shape index (κ2) is 5.00. The number of nitrogen functional groups attached to an aromatic ring is 1. The van der Waals surface area contributed by atoms with Gasteiger partial charge in [-0.2, -0.15) is 0 Å². The van der Waals surface area contributed by atoms with Crippen LogP contribution in [0.1, 0.15) is 16.7 Å². The Hall–Kier alpha value is -2.29. The maximum absolute atomic E-state index is 12.5. The Morgan fingerprint density at radius 2 is 2.05 bits per heavy atom. The fraction of sp³-hybridized carbons (Fsp3) is 0.235. The number of hydrogen-bond donors (Lipinski definition) is 1. The lowest BCUT2D eigenvalue weighted by Crippen LogP contribution is -2.30. The van der Waals surface area contributed by atoms with Gasteiger partial charge in [0.05, 0.1) is 6.42 Å². The third-order valence-electron chi connectivity index (χ3n) is 3.80. The number of carbonyl (C=O) groups is 1. The first-order valence-corrected chi connectivity index (χ1v) is 6.88. The van der Waals surface area contributed by atoms with Gasteiger partial charge in [0.2, 0.25) is 5.91 Å². The van der Waals surface area contributed by atoms with Gasteiger partial charge in [0, 0.05) is 23.5 Å². The van der Waals surface area contributed by atoms with Crippen LogP contribution >= 0.6 is 0 Å². The molecular formula is C17H18N2O. The van der Waals surface area contributed by atoms with E-state index in [-0.39, 0.29) is 5.91 Å². The van der Waals surface area contributed by atoms with E-state index in [4.69, 9.17) is 5.73 Å². The molecule has 0 bridgehead atoms. The second-order valence-corrected chi connectivity index (χ2v) is 5.31. The minimum atomic E-state index is 0.139. The molecule has 0 fully saturated rings. The highest BCUT2D eigenvalue weighted by Crippen LogP contribution is 2.32. The molecule has 1 amide bonds. The maximum atomic E-state index is 12.5. The fourth-order valence-corrected chi connectivity index (χ4v) is 2.81. The number of rotatable bonds is 2. The predicted molar refractivity (Wildman–Crippen MR) is 81.8 cm³/mol. The maximum Gasteiger partial charge on any atom is 0.231 e. The Labute approximate surface area is 119 Å². The zero-order valence-corrected chi connectivity index (χ0v) is 11.6. The average molecular weight is 266 g/mol. The van der Waals surface area contributed by atoms with Crippen molar-refractivity contribution < 1.29 is 4.79 Å². The van der Waals surface area contributed by atoms with Gasteiger partial charge in [-0.05, 0) is 31.0 Å². The Kier molecular flexibility index (Phi) is 3.18. The van der Waals surface area contributed by atoms with Crippen molar-refractivity contribution in [1.29, 1.82) is 0 Å². The third kappa shape index (κ3) is 2.27. The summed E-state index contributed by atoms with van der Waals surface area (Å²) in [7, 11) is 0. The highest BCUT2D eigenvalue weighted by atomic mass is 16.2.